The zero-order chi connectivity index (χ0) is 95.0. The number of hydrogen-bond donors (Lipinski definition) is 0. The molecule has 10 aliphatic carbocycles. The molecule has 0 saturated carbocycles. The molecule has 0 unspecified atom stereocenters. The van der Waals surface area contributed by atoms with Crippen molar-refractivity contribution in [1.82, 2.24) is 0 Å². The van der Waals surface area contributed by atoms with Gasteiger partial charge in [-0.05, 0) is 96.3 Å². The van der Waals surface area contributed by atoms with Crippen LogP contribution in [-0.4, -0.2) is 65.4 Å². The first-order valence-corrected chi connectivity index (χ1v) is 58.8. The zero-order valence-electron chi connectivity index (χ0n) is 89.5. The van der Waals surface area contributed by atoms with E-state index in [1.165, 1.54) is 449 Å². The minimum atomic E-state index is 0. The smallest absolute Gasteiger partial charge is 0.662 e. The third-order valence-electron chi connectivity index (χ3n) is 29.9. The molecule has 0 atom stereocenters. The molecule has 136 heavy (non-hydrogen) atoms. The Labute approximate surface area is 856 Å². The first-order chi connectivity index (χ1) is 67.1. The molecule has 5 nitrogen and oxygen atoms in total. The van der Waals surface area contributed by atoms with Crippen LogP contribution in [0, 0.1) is 29.6 Å². The van der Waals surface area contributed by atoms with Gasteiger partial charge in [-0.3, -0.25) is 0 Å². The Morgan fingerprint density at radius 2 is 0.250 bits per heavy atom. The van der Waals surface area contributed by atoms with Gasteiger partial charge in [0.1, 0.15) is 0 Å². The molecule has 0 saturated heterocycles. The summed E-state index contributed by atoms with van der Waals surface area (Å²) in [5.41, 5.74) is 16.4. The molecule has 0 amide bonds. The molecule has 6 heteroatoms. The largest absolute Gasteiger partial charge is 5.00 e. The maximum atomic E-state index is 4.71. The van der Waals surface area contributed by atoms with E-state index < -0.39 is 0 Å². The van der Waals surface area contributed by atoms with Gasteiger partial charge in [0.15, 0.2) is 0 Å². The average Bonchev–Trinajstić information content (AvgIpc) is 1.74. The Morgan fingerprint density at radius 3 is 0.353 bits per heavy atom. The van der Waals surface area contributed by atoms with Crippen LogP contribution in [0.15, 0.2) is 238 Å². The fourth-order valence-electron chi connectivity index (χ4n) is 21.4. The second-order valence-corrected chi connectivity index (χ2v) is 41.5. The molecule has 0 fully saturated rings. The van der Waals surface area contributed by atoms with Crippen LogP contribution in [0.3, 0.4) is 0 Å². The van der Waals surface area contributed by atoms with E-state index >= 15 is 0 Å². The molecule has 0 aromatic heterocycles. The first kappa shape index (κ1) is 122. The van der Waals surface area contributed by atoms with E-state index in [4.69, 9.17) is 26.6 Å². The molecule has 0 radical (unpaired) electrons. The minimum Gasteiger partial charge on any atom is -0.662 e. The first-order valence-electron chi connectivity index (χ1n) is 58.8. The van der Waals surface area contributed by atoms with E-state index in [2.05, 4.69) is 217 Å². The van der Waals surface area contributed by atoms with Crippen LogP contribution in [0.2, 0.25) is 0 Å². The van der Waals surface area contributed by atoms with Crippen molar-refractivity contribution in [3.63, 3.8) is 0 Å². The van der Waals surface area contributed by atoms with Gasteiger partial charge in [0, 0.05) is 29.6 Å². The van der Waals surface area contributed by atoms with Crippen LogP contribution in [0.25, 0.3) is 26.6 Å². The molecular formula is C130H210N5V. The predicted octanol–water partition coefficient (Wildman–Crippen LogP) is 42.2. The van der Waals surface area contributed by atoms with Crippen LogP contribution in [0.1, 0.15) is 484 Å². The quantitative estimate of drug-likeness (QED) is 0.0545. The Morgan fingerprint density at radius 1 is 0.147 bits per heavy atom. The molecule has 0 aliphatic heterocycles. The van der Waals surface area contributed by atoms with Crippen molar-refractivity contribution in [2.45, 2.75) is 484 Å². The van der Waals surface area contributed by atoms with Gasteiger partial charge >= 0.3 is 18.6 Å². The van der Waals surface area contributed by atoms with Crippen molar-refractivity contribution in [2.75, 3.05) is 65.4 Å². The van der Waals surface area contributed by atoms with Gasteiger partial charge < -0.3 is 26.6 Å². The summed E-state index contributed by atoms with van der Waals surface area (Å²) in [5, 5.41) is 23.6. The van der Waals surface area contributed by atoms with Crippen LogP contribution in [0.4, 0.5) is 0 Å². The topological polar surface area (TPSA) is 70.5 Å². The maximum absolute atomic E-state index is 4.71. The number of hydrogen-bond acceptors (Lipinski definition) is 0. The van der Waals surface area contributed by atoms with Crippen molar-refractivity contribution in [2.24, 2.45) is 29.6 Å². The van der Waals surface area contributed by atoms with Gasteiger partial charge in [0.25, 0.3) is 0 Å². The summed E-state index contributed by atoms with van der Waals surface area (Å²) in [7, 11) is 0. The van der Waals surface area contributed by atoms with Crippen molar-refractivity contribution in [3.8, 4) is 0 Å². The van der Waals surface area contributed by atoms with Crippen LogP contribution >= 0.6 is 0 Å². The van der Waals surface area contributed by atoms with Crippen molar-refractivity contribution in [3.05, 3.63) is 265 Å². The summed E-state index contributed by atoms with van der Waals surface area (Å²) in [5.74, 6) is 3.48. The normalized spacial score (nSPS) is 15.7. The SMILES string of the molecule is CCCCCCCC[N-]CCCCCCCC(C1=CC=CC1)C1=CC=CC1.CCCCCCCC[N-]CCCCCCCC(C1=CC=CC1)C1=CC=CC1.CCCCCCCC[N-]CCCCCCCC(C1=CC=CC1)C1=CC=CC1.CCCCCCCC[N-]CCCCCCCC(C1=CC=CC1)C1=CC=CC1.CCCCCCCC[N-]CCCCCCCC(C1=CC=CC1)C1=CC=CC1.[V+5]. The zero-order valence-corrected chi connectivity index (χ0v) is 90.9. The van der Waals surface area contributed by atoms with E-state index in [1.54, 1.807) is 55.7 Å². The standard InChI is InChI=1S/5C26H42N.V/c5*1-2-3-4-5-8-15-22-27-23-16-9-6-7-10-21-26(24-17-11-12-18-24)25-19-13-14-20-25;/h5*11-14,17,19,26H,2-10,15-16,18,20-23H2,1H3;/q5*-1;+5. The van der Waals surface area contributed by atoms with E-state index in [9.17, 15) is 0 Å². The Bertz CT molecular complexity index is 2860. The van der Waals surface area contributed by atoms with Crippen molar-refractivity contribution >= 4 is 0 Å². The number of allylic oxidation sites excluding steroid dienone is 40. The molecule has 0 heterocycles. The Hall–Kier alpha value is -4.82. The van der Waals surface area contributed by atoms with Crippen LogP contribution < -0.4 is 0 Å². The number of nitrogens with zero attached hydrogens (tertiary/aromatic N) is 5. The fourth-order valence-corrected chi connectivity index (χ4v) is 21.4. The molecule has 10 rings (SSSR count). The third kappa shape index (κ3) is 61.9. The van der Waals surface area contributed by atoms with Gasteiger partial charge in [-0.1, -0.05) is 626 Å². The monoisotopic (exact) mass is 1890 g/mol. The molecule has 0 aromatic rings. The van der Waals surface area contributed by atoms with Crippen LogP contribution in [0.5, 0.6) is 0 Å². The van der Waals surface area contributed by atoms with Gasteiger partial charge in [-0.15, -0.1) is 65.4 Å². The summed E-state index contributed by atoms with van der Waals surface area (Å²) in [4.78, 5) is 0. The van der Waals surface area contributed by atoms with Gasteiger partial charge in [-0.2, -0.15) is 0 Å². The minimum absolute atomic E-state index is 0. The van der Waals surface area contributed by atoms with E-state index in [1.807, 2.05) is 0 Å². The summed E-state index contributed by atoms with van der Waals surface area (Å²) < 4.78 is 0. The molecule has 0 aromatic carbocycles. The molecule has 760 valence electrons. The molecule has 0 spiro atoms. The molecular weight excluding hydrogens is 1680 g/mol. The van der Waals surface area contributed by atoms with E-state index in [-0.39, 0.29) is 18.6 Å². The van der Waals surface area contributed by atoms with Gasteiger partial charge in [0.2, 0.25) is 0 Å². The summed E-state index contributed by atoms with van der Waals surface area (Å²) in [6.07, 6.45) is 163. The second-order valence-electron chi connectivity index (χ2n) is 41.5. The number of rotatable bonds is 85. The summed E-state index contributed by atoms with van der Waals surface area (Å²) in [6.45, 7) is 22.4. The molecule has 10 aliphatic rings. The number of unbranched alkanes of at least 4 members (excludes halogenated alkanes) is 45. The van der Waals surface area contributed by atoms with E-state index in [0.29, 0.717) is 29.6 Å². The maximum Gasteiger partial charge on any atom is 5.00 e. The average molecular weight is 1890 g/mol. The van der Waals surface area contributed by atoms with Crippen molar-refractivity contribution < 1.29 is 18.6 Å². The Kier molecular flexibility index (Phi) is 80.7. The summed E-state index contributed by atoms with van der Waals surface area (Å²) in [6, 6.07) is 0. The van der Waals surface area contributed by atoms with E-state index in [0.717, 1.165) is 65.4 Å². The fraction of sp³-hybridized carbons (Fsp3) is 0.692. The molecule has 0 bridgehead atoms. The Balaban J connectivity index is 0.000000300. The van der Waals surface area contributed by atoms with Gasteiger partial charge in [0.05, 0.1) is 0 Å². The summed E-state index contributed by atoms with van der Waals surface area (Å²) >= 11 is 0. The third-order valence-corrected chi connectivity index (χ3v) is 29.9. The predicted molar refractivity (Wildman–Crippen MR) is 607 cm³/mol. The molecule has 0 N–H and O–H groups in total. The van der Waals surface area contributed by atoms with Gasteiger partial charge in [-0.25, -0.2) is 0 Å². The second kappa shape index (κ2) is 90.2. The van der Waals surface area contributed by atoms with Crippen molar-refractivity contribution in [1.29, 1.82) is 0 Å². The van der Waals surface area contributed by atoms with Crippen LogP contribution in [-0.2, 0) is 18.6 Å².